The molecule has 2 fully saturated rings. The SMILES string of the molecule is NC(=S)N/N=C1\CCCC1C1CCCC1. The summed E-state index contributed by atoms with van der Waals surface area (Å²) >= 11 is 4.76. The van der Waals surface area contributed by atoms with E-state index in [0.29, 0.717) is 5.92 Å². The van der Waals surface area contributed by atoms with E-state index in [0.717, 1.165) is 12.3 Å². The van der Waals surface area contributed by atoms with E-state index in [4.69, 9.17) is 18.0 Å². The van der Waals surface area contributed by atoms with Gasteiger partial charge in [-0.15, -0.1) is 0 Å². The van der Waals surface area contributed by atoms with Crippen LogP contribution in [0.1, 0.15) is 44.9 Å². The number of nitrogens with zero attached hydrogens (tertiary/aromatic N) is 1. The van der Waals surface area contributed by atoms with Gasteiger partial charge in [0.2, 0.25) is 0 Å². The molecule has 84 valence electrons. The Bertz CT molecular complexity index is 269. The highest BCUT2D eigenvalue weighted by molar-refractivity contribution is 7.80. The van der Waals surface area contributed by atoms with Crippen LogP contribution in [0.2, 0.25) is 0 Å². The van der Waals surface area contributed by atoms with Crippen LogP contribution in [0.3, 0.4) is 0 Å². The van der Waals surface area contributed by atoms with E-state index >= 15 is 0 Å². The fourth-order valence-corrected chi connectivity index (χ4v) is 3.03. The molecular weight excluding hydrogens is 206 g/mol. The average Bonchev–Trinajstić information content (AvgIpc) is 2.85. The van der Waals surface area contributed by atoms with Gasteiger partial charge >= 0.3 is 0 Å². The summed E-state index contributed by atoms with van der Waals surface area (Å²) in [5, 5.41) is 4.63. The molecule has 0 radical (unpaired) electrons. The molecule has 0 aromatic rings. The zero-order valence-corrected chi connectivity index (χ0v) is 9.85. The van der Waals surface area contributed by atoms with Crippen molar-refractivity contribution in [3.8, 4) is 0 Å². The lowest BCUT2D eigenvalue weighted by Crippen LogP contribution is -2.27. The van der Waals surface area contributed by atoms with Crippen LogP contribution in [-0.2, 0) is 0 Å². The van der Waals surface area contributed by atoms with E-state index in [9.17, 15) is 0 Å². The maximum Gasteiger partial charge on any atom is 0.184 e. The first-order chi connectivity index (χ1) is 7.27. The minimum atomic E-state index is 0.277. The molecule has 0 aromatic heterocycles. The van der Waals surface area contributed by atoms with Crippen molar-refractivity contribution in [2.75, 3.05) is 0 Å². The Hall–Kier alpha value is -0.640. The van der Waals surface area contributed by atoms with Gasteiger partial charge in [-0.1, -0.05) is 12.8 Å². The Labute approximate surface area is 96.5 Å². The summed E-state index contributed by atoms with van der Waals surface area (Å²) in [5.41, 5.74) is 9.42. The molecular formula is C11H19N3S. The number of hydrazone groups is 1. The van der Waals surface area contributed by atoms with E-state index in [1.54, 1.807) is 0 Å². The molecule has 0 spiro atoms. The van der Waals surface area contributed by atoms with Crippen molar-refractivity contribution >= 4 is 23.0 Å². The molecule has 0 bridgehead atoms. The molecule has 0 saturated heterocycles. The molecule has 2 saturated carbocycles. The van der Waals surface area contributed by atoms with E-state index in [1.807, 2.05) is 0 Å². The quantitative estimate of drug-likeness (QED) is 0.559. The maximum atomic E-state index is 5.38. The van der Waals surface area contributed by atoms with Gasteiger partial charge in [0.05, 0.1) is 0 Å². The van der Waals surface area contributed by atoms with Gasteiger partial charge in [-0.25, -0.2) is 0 Å². The zero-order valence-electron chi connectivity index (χ0n) is 9.04. The van der Waals surface area contributed by atoms with Crippen LogP contribution in [0.15, 0.2) is 5.10 Å². The highest BCUT2D eigenvalue weighted by atomic mass is 32.1. The molecule has 0 aliphatic heterocycles. The van der Waals surface area contributed by atoms with E-state index in [1.165, 1.54) is 44.2 Å². The topological polar surface area (TPSA) is 50.4 Å². The number of nitrogens with one attached hydrogen (secondary N) is 1. The number of hydrogen-bond acceptors (Lipinski definition) is 2. The van der Waals surface area contributed by atoms with Crippen LogP contribution in [0.25, 0.3) is 0 Å². The second kappa shape index (κ2) is 4.92. The third-order valence-corrected chi connectivity index (χ3v) is 3.75. The molecule has 0 amide bonds. The summed E-state index contributed by atoms with van der Waals surface area (Å²) in [6, 6.07) is 0. The third-order valence-electron chi connectivity index (χ3n) is 3.65. The number of rotatable bonds is 2. The van der Waals surface area contributed by atoms with Crippen molar-refractivity contribution in [1.29, 1.82) is 0 Å². The first kappa shape index (κ1) is 10.9. The van der Waals surface area contributed by atoms with Gasteiger partial charge in [-0.05, 0) is 50.2 Å². The van der Waals surface area contributed by atoms with Gasteiger partial charge < -0.3 is 5.73 Å². The lowest BCUT2D eigenvalue weighted by atomic mass is 9.88. The van der Waals surface area contributed by atoms with Crippen molar-refractivity contribution in [3.63, 3.8) is 0 Å². The Morgan fingerprint density at radius 3 is 2.67 bits per heavy atom. The molecule has 2 aliphatic carbocycles. The fraction of sp³-hybridized carbons (Fsp3) is 0.818. The minimum Gasteiger partial charge on any atom is -0.375 e. The molecule has 0 aromatic carbocycles. The highest BCUT2D eigenvalue weighted by Gasteiger charge is 2.32. The van der Waals surface area contributed by atoms with Gasteiger partial charge in [0.1, 0.15) is 0 Å². The summed E-state index contributed by atoms with van der Waals surface area (Å²) < 4.78 is 0. The van der Waals surface area contributed by atoms with E-state index in [2.05, 4.69) is 10.5 Å². The standard InChI is InChI=1S/C11H19N3S/c12-11(15)14-13-10-7-3-6-9(10)8-4-1-2-5-8/h8-9H,1-7H2,(H3,12,14,15)/b13-10+. The highest BCUT2D eigenvalue weighted by Crippen LogP contribution is 2.38. The first-order valence-corrected chi connectivity index (χ1v) is 6.30. The lowest BCUT2D eigenvalue weighted by Gasteiger charge is -2.18. The summed E-state index contributed by atoms with van der Waals surface area (Å²) in [5.74, 6) is 1.58. The normalized spacial score (nSPS) is 29.9. The second-order valence-corrected chi connectivity index (χ2v) is 5.06. The Morgan fingerprint density at radius 2 is 2.00 bits per heavy atom. The van der Waals surface area contributed by atoms with Crippen molar-refractivity contribution in [2.45, 2.75) is 44.9 Å². The lowest BCUT2D eigenvalue weighted by molar-refractivity contribution is 0.423. The number of nitrogens with two attached hydrogens (primary N) is 1. The summed E-state index contributed by atoms with van der Waals surface area (Å²) in [6.07, 6.45) is 9.28. The molecule has 2 aliphatic rings. The Balaban J connectivity index is 1.97. The molecule has 1 atom stereocenters. The van der Waals surface area contributed by atoms with Gasteiger partial charge in [0.15, 0.2) is 5.11 Å². The number of hydrogen-bond donors (Lipinski definition) is 2. The second-order valence-electron chi connectivity index (χ2n) is 4.62. The smallest absolute Gasteiger partial charge is 0.184 e. The Morgan fingerprint density at radius 1 is 1.27 bits per heavy atom. The molecule has 15 heavy (non-hydrogen) atoms. The molecule has 4 heteroatoms. The fourth-order valence-electron chi connectivity index (χ4n) is 2.99. The van der Waals surface area contributed by atoms with Gasteiger partial charge in [-0.3, -0.25) is 5.43 Å². The van der Waals surface area contributed by atoms with Crippen LogP contribution >= 0.6 is 12.2 Å². The van der Waals surface area contributed by atoms with Gasteiger partial charge in [0.25, 0.3) is 0 Å². The van der Waals surface area contributed by atoms with Crippen LogP contribution in [0.5, 0.6) is 0 Å². The van der Waals surface area contributed by atoms with Crippen LogP contribution in [0.4, 0.5) is 0 Å². The van der Waals surface area contributed by atoms with Crippen molar-refractivity contribution in [3.05, 3.63) is 0 Å². The van der Waals surface area contributed by atoms with Crippen LogP contribution in [-0.4, -0.2) is 10.8 Å². The molecule has 2 rings (SSSR count). The average molecular weight is 225 g/mol. The van der Waals surface area contributed by atoms with Crippen molar-refractivity contribution in [1.82, 2.24) is 5.43 Å². The summed E-state index contributed by atoms with van der Waals surface area (Å²) in [6.45, 7) is 0. The Kier molecular flexibility index (Phi) is 3.57. The minimum absolute atomic E-state index is 0.277. The summed E-state index contributed by atoms with van der Waals surface area (Å²) in [4.78, 5) is 0. The zero-order chi connectivity index (χ0) is 10.7. The first-order valence-electron chi connectivity index (χ1n) is 5.89. The summed E-state index contributed by atoms with van der Waals surface area (Å²) in [7, 11) is 0. The maximum absolute atomic E-state index is 5.38. The molecule has 3 nitrogen and oxygen atoms in total. The molecule has 3 N–H and O–H groups in total. The van der Waals surface area contributed by atoms with Crippen molar-refractivity contribution in [2.24, 2.45) is 22.7 Å². The van der Waals surface area contributed by atoms with Gasteiger partial charge in [0, 0.05) is 11.6 Å². The number of thiocarbonyl (C=S) groups is 1. The van der Waals surface area contributed by atoms with E-state index < -0.39 is 0 Å². The van der Waals surface area contributed by atoms with Crippen molar-refractivity contribution < 1.29 is 0 Å². The predicted octanol–water partition coefficient (Wildman–Crippen LogP) is 2.17. The van der Waals surface area contributed by atoms with Gasteiger partial charge in [-0.2, -0.15) is 5.10 Å². The van der Waals surface area contributed by atoms with Crippen LogP contribution < -0.4 is 11.2 Å². The molecule has 1 unspecified atom stereocenters. The third kappa shape index (κ3) is 2.68. The predicted molar refractivity (Wildman–Crippen MR) is 66.7 cm³/mol. The largest absolute Gasteiger partial charge is 0.375 e. The monoisotopic (exact) mass is 225 g/mol. The van der Waals surface area contributed by atoms with Crippen LogP contribution in [0, 0.1) is 11.8 Å². The molecule has 0 heterocycles. The van der Waals surface area contributed by atoms with E-state index in [-0.39, 0.29) is 5.11 Å².